The number of imide groups is 1. The van der Waals surface area contributed by atoms with E-state index >= 15 is 0 Å². The van der Waals surface area contributed by atoms with E-state index in [4.69, 9.17) is 14.2 Å². The topological polar surface area (TPSA) is 123 Å². The van der Waals surface area contributed by atoms with Gasteiger partial charge in [0.15, 0.2) is 11.6 Å². The Balaban J connectivity index is 1.31. The quantitative estimate of drug-likeness (QED) is 0.305. The van der Waals surface area contributed by atoms with Gasteiger partial charge >= 0.3 is 0 Å². The van der Waals surface area contributed by atoms with E-state index in [-0.39, 0.29) is 47.1 Å². The molecule has 0 radical (unpaired) electrons. The molecule has 2 aromatic rings. The number of amides is 2. The molecule has 5 aliphatic rings. The van der Waals surface area contributed by atoms with E-state index < -0.39 is 23.7 Å². The first-order chi connectivity index (χ1) is 21.7. The van der Waals surface area contributed by atoms with E-state index in [9.17, 15) is 24.3 Å². The normalized spacial score (nSPS) is 26.3. The summed E-state index contributed by atoms with van der Waals surface area (Å²) in [6.45, 7) is 4.45. The minimum absolute atomic E-state index is 0.0827. The number of rotatable bonds is 5. The maximum Gasteiger partial charge on any atom is 0.238 e. The number of anilines is 2. The number of allylic oxidation sites excluding steroid dienone is 6. The van der Waals surface area contributed by atoms with Crippen molar-refractivity contribution in [1.29, 1.82) is 0 Å². The molecule has 10 heteroatoms. The smallest absolute Gasteiger partial charge is 0.238 e. The predicted molar refractivity (Wildman–Crippen MR) is 165 cm³/mol. The zero-order valence-corrected chi connectivity index (χ0v) is 25.4. The fourth-order valence-corrected chi connectivity index (χ4v) is 7.79. The minimum Gasteiger partial charge on any atom is -0.508 e. The van der Waals surface area contributed by atoms with Gasteiger partial charge in [0.25, 0.3) is 0 Å². The van der Waals surface area contributed by atoms with Crippen LogP contribution in [0, 0.1) is 17.8 Å². The van der Waals surface area contributed by atoms with Gasteiger partial charge in [0, 0.05) is 59.1 Å². The summed E-state index contributed by atoms with van der Waals surface area (Å²) in [7, 11) is 2.91. The van der Waals surface area contributed by atoms with E-state index in [2.05, 4.69) is 4.90 Å². The number of hydrogen-bond donors (Lipinski definition) is 1. The molecule has 0 saturated carbocycles. The van der Waals surface area contributed by atoms with Gasteiger partial charge in [-0.15, -0.1) is 0 Å². The first kappa shape index (κ1) is 29.0. The zero-order valence-electron chi connectivity index (χ0n) is 25.4. The number of carbonyl (C=O) groups is 4. The molecule has 45 heavy (non-hydrogen) atoms. The molecule has 7 rings (SSSR count). The number of benzene rings is 2. The van der Waals surface area contributed by atoms with Gasteiger partial charge in [-0.3, -0.25) is 24.1 Å². The number of ether oxygens (including phenoxy) is 3. The lowest BCUT2D eigenvalue weighted by Gasteiger charge is -2.42. The van der Waals surface area contributed by atoms with Crippen molar-refractivity contribution in [2.24, 2.45) is 17.8 Å². The van der Waals surface area contributed by atoms with E-state index in [1.54, 1.807) is 19.1 Å². The fraction of sp³-hybridized carbons (Fsp3) is 0.371. The molecule has 10 nitrogen and oxygen atoms in total. The second kappa shape index (κ2) is 11.0. The number of Topliss-reactive ketones (excluding diaryl/α,β-unsaturated/α-hetero) is 1. The first-order valence-electron chi connectivity index (χ1n) is 15.2. The van der Waals surface area contributed by atoms with E-state index in [0.717, 1.165) is 24.4 Å². The van der Waals surface area contributed by atoms with Gasteiger partial charge in [-0.1, -0.05) is 11.6 Å². The average molecular weight is 611 g/mol. The van der Waals surface area contributed by atoms with Crippen molar-refractivity contribution < 1.29 is 38.5 Å². The highest BCUT2D eigenvalue weighted by atomic mass is 16.5. The summed E-state index contributed by atoms with van der Waals surface area (Å²) < 4.78 is 16.8. The molecule has 0 spiro atoms. The number of hydrogen-bond acceptors (Lipinski definition) is 9. The van der Waals surface area contributed by atoms with Gasteiger partial charge < -0.3 is 24.2 Å². The van der Waals surface area contributed by atoms with Crippen molar-refractivity contribution >= 4 is 34.8 Å². The number of carbonyl (C=O) groups excluding carboxylic acids is 4. The van der Waals surface area contributed by atoms with Crippen LogP contribution in [0.2, 0.25) is 0 Å². The van der Waals surface area contributed by atoms with Crippen LogP contribution in [-0.4, -0.2) is 69.0 Å². The summed E-state index contributed by atoms with van der Waals surface area (Å²) >= 11 is 0. The average Bonchev–Trinajstić information content (AvgIpc) is 3.32. The zero-order chi connectivity index (χ0) is 31.6. The summed E-state index contributed by atoms with van der Waals surface area (Å²) in [6.07, 6.45) is 3.77. The van der Waals surface area contributed by atoms with Gasteiger partial charge in [0.1, 0.15) is 17.2 Å². The molecule has 2 saturated heterocycles. The Labute approximate surface area is 260 Å². The molecule has 2 aromatic carbocycles. The minimum atomic E-state index is -0.768. The van der Waals surface area contributed by atoms with Crippen LogP contribution in [0.1, 0.15) is 31.2 Å². The van der Waals surface area contributed by atoms with Gasteiger partial charge in [-0.05, 0) is 56.0 Å². The largest absolute Gasteiger partial charge is 0.508 e. The Morgan fingerprint density at radius 2 is 1.53 bits per heavy atom. The van der Waals surface area contributed by atoms with E-state index in [1.807, 2.05) is 18.2 Å². The van der Waals surface area contributed by atoms with E-state index in [0.29, 0.717) is 47.6 Å². The predicted octanol–water partition coefficient (Wildman–Crippen LogP) is 3.88. The molecular formula is C35H34N2O8. The number of aromatic hydroxyl groups is 1. The Morgan fingerprint density at radius 1 is 0.889 bits per heavy atom. The van der Waals surface area contributed by atoms with E-state index in [1.165, 1.54) is 37.3 Å². The number of nitrogens with zero attached hydrogens (tertiary/aromatic N) is 2. The van der Waals surface area contributed by atoms with Gasteiger partial charge in [-0.25, -0.2) is 0 Å². The number of methoxy groups -OCH3 is 2. The number of fused-ring (bicyclic) bond motifs is 3. The second-order valence-corrected chi connectivity index (χ2v) is 12.1. The van der Waals surface area contributed by atoms with Gasteiger partial charge in [0.2, 0.25) is 11.8 Å². The molecule has 0 aromatic heterocycles. The molecule has 4 atom stereocenters. The van der Waals surface area contributed by atoms with Crippen molar-refractivity contribution in [2.75, 3.05) is 50.3 Å². The van der Waals surface area contributed by atoms with Crippen LogP contribution in [0.15, 0.2) is 70.8 Å². The molecule has 232 valence electrons. The number of phenolic OH excluding ortho intramolecular Hbond substituents is 1. The summed E-state index contributed by atoms with van der Waals surface area (Å²) in [5.41, 5.74) is 3.76. The molecule has 2 aliphatic heterocycles. The maximum absolute atomic E-state index is 14.3. The molecule has 0 bridgehead atoms. The Hall–Kier alpha value is -4.70. The highest BCUT2D eigenvalue weighted by Gasteiger charge is 2.57. The van der Waals surface area contributed by atoms with Crippen LogP contribution >= 0.6 is 0 Å². The standard InChI is InChI=1S/C35H34N2O8/c1-18-14-26(39)25-17-24-22(30(31(25)33(18)40)32-27(43-2)15-21(38)16-28(32)44-3)8-9-23-29(24)35(42)37(34(23)41)20-6-4-19(5-7-20)36-10-12-45-13-11-36/h4-8,14-16,23-24,29-30,38H,9-13,17H2,1-3H3/t23-,24+,29-,30-/m0/s1. The summed E-state index contributed by atoms with van der Waals surface area (Å²) in [5, 5.41) is 10.4. The summed E-state index contributed by atoms with van der Waals surface area (Å²) in [5.74, 6) is -3.21. The Morgan fingerprint density at radius 3 is 2.18 bits per heavy atom. The molecule has 0 unspecified atom stereocenters. The lowest BCUT2D eigenvalue weighted by atomic mass is 9.59. The number of ketones is 2. The SMILES string of the molecule is COc1cc(O)cc(OC)c1[C@H]1C2=CC[C@@H]3C(=O)N(c4ccc(N5CCOCC5)cc4)C(=O)[C@@H]3[C@@H]2CC2=C1C(=O)C(C)=CC2=O. The molecule has 3 aliphatic carbocycles. The van der Waals surface area contributed by atoms with Crippen LogP contribution in [0.5, 0.6) is 17.2 Å². The van der Waals surface area contributed by atoms with Crippen LogP contribution in [0.4, 0.5) is 11.4 Å². The third-order valence-corrected chi connectivity index (χ3v) is 9.87. The fourth-order valence-electron chi connectivity index (χ4n) is 7.79. The molecule has 2 heterocycles. The second-order valence-electron chi connectivity index (χ2n) is 12.1. The molecular weight excluding hydrogens is 576 g/mol. The maximum atomic E-state index is 14.3. The number of phenols is 1. The lowest BCUT2D eigenvalue weighted by Crippen LogP contribution is -2.40. The third-order valence-electron chi connectivity index (χ3n) is 9.87. The lowest BCUT2D eigenvalue weighted by molar-refractivity contribution is -0.123. The van der Waals surface area contributed by atoms with Crippen LogP contribution in [0.3, 0.4) is 0 Å². The molecule has 2 fully saturated rings. The van der Waals surface area contributed by atoms with Crippen molar-refractivity contribution in [3.63, 3.8) is 0 Å². The first-order valence-corrected chi connectivity index (χ1v) is 15.2. The Kier molecular flexibility index (Phi) is 7.12. The van der Waals surface area contributed by atoms with Crippen LogP contribution in [-0.2, 0) is 23.9 Å². The summed E-state index contributed by atoms with van der Waals surface area (Å²) in [4.78, 5) is 58.9. The highest BCUT2D eigenvalue weighted by Crippen LogP contribution is 2.58. The monoisotopic (exact) mass is 610 g/mol. The van der Waals surface area contributed by atoms with Crippen molar-refractivity contribution in [3.8, 4) is 17.2 Å². The van der Waals surface area contributed by atoms with Crippen molar-refractivity contribution in [1.82, 2.24) is 0 Å². The van der Waals surface area contributed by atoms with Crippen molar-refractivity contribution in [3.05, 3.63) is 76.4 Å². The van der Waals surface area contributed by atoms with Crippen LogP contribution in [0.25, 0.3) is 0 Å². The van der Waals surface area contributed by atoms with Crippen LogP contribution < -0.4 is 19.3 Å². The van der Waals surface area contributed by atoms with Crippen molar-refractivity contribution in [2.45, 2.75) is 25.7 Å². The van der Waals surface area contributed by atoms with Gasteiger partial charge in [-0.2, -0.15) is 0 Å². The number of morpholine rings is 1. The van der Waals surface area contributed by atoms with Gasteiger partial charge in [0.05, 0.1) is 45.0 Å². The molecule has 1 N–H and O–H groups in total. The molecule has 2 amide bonds. The Bertz CT molecular complexity index is 1700. The highest BCUT2D eigenvalue weighted by molar-refractivity contribution is 6.25. The summed E-state index contributed by atoms with van der Waals surface area (Å²) in [6, 6.07) is 10.3. The third kappa shape index (κ3) is 4.49.